The van der Waals surface area contributed by atoms with Crippen molar-refractivity contribution in [2.24, 2.45) is 7.05 Å². The molecule has 0 aliphatic carbocycles. The van der Waals surface area contributed by atoms with Crippen LogP contribution in [0.1, 0.15) is 37.3 Å². The minimum Gasteiger partial charge on any atom is -0.341 e. The van der Waals surface area contributed by atoms with Gasteiger partial charge in [-0.3, -0.25) is 9.48 Å². The van der Waals surface area contributed by atoms with Crippen molar-refractivity contribution in [2.75, 3.05) is 19.6 Å². The Balaban J connectivity index is 1.57. The second kappa shape index (κ2) is 5.33. The van der Waals surface area contributed by atoms with Gasteiger partial charge in [0.05, 0.1) is 6.04 Å². The second-order valence-electron chi connectivity index (χ2n) is 5.63. The van der Waals surface area contributed by atoms with Crippen LogP contribution in [0.15, 0.2) is 12.3 Å². The Morgan fingerprint density at radius 2 is 2.16 bits per heavy atom. The van der Waals surface area contributed by atoms with Gasteiger partial charge in [0.1, 0.15) is 0 Å². The Morgan fingerprint density at radius 3 is 2.74 bits per heavy atom. The summed E-state index contributed by atoms with van der Waals surface area (Å²) in [4.78, 5) is 14.3. The van der Waals surface area contributed by atoms with Crippen molar-refractivity contribution >= 4 is 5.91 Å². The number of carbonyl (C=O) groups excluding carboxylic acids is 1. The molecule has 0 spiro atoms. The minimum atomic E-state index is 0.0771. The predicted octanol–water partition coefficient (Wildman–Crippen LogP) is 0.878. The van der Waals surface area contributed by atoms with Crippen molar-refractivity contribution in [1.82, 2.24) is 20.0 Å². The summed E-state index contributed by atoms with van der Waals surface area (Å²) in [7, 11) is 2.00. The first kappa shape index (κ1) is 12.7. The fourth-order valence-corrected chi connectivity index (χ4v) is 3.30. The maximum Gasteiger partial charge on any atom is 0.239 e. The minimum absolute atomic E-state index is 0.0771. The third-order valence-corrected chi connectivity index (χ3v) is 4.44. The summed E-state index contributed by atoms with van der Waals surface area (Å²) in [5, 5.41) is 7.53. The van der Waals surface area contributed by atoms with Gasteiger partial charge in [0.2, 0.25) is 5.91 Å². The zero-order chi connectivity index (χ0) is 13.2. The number of aromatic nitrogens is 2. The normalized spacial score (nSPS) is 24.9. The van der Waals surface area contributed by atoms with E-state index in [9.17, 15) is 4.79 Å². The SMILES string of the molecule is Cn1nccc1C1CCN(C(=O)[C@H]2CCCN2)CC1. The van der Waals surface area contributed by atoms with Crippen molar-refractivity contribution in [3.8, 4) is 0 Å². The van der Waals surface area contributed by atoms with Gasteiger partial charge in [0.15, 0.2) is 0 Å². The average molecular weight is 262 g/mol. The first-order valence-electron chi connectivity index (χ1n) is 7.26. The van der Waals surface area contributed by atoms with Gasteiger partial charge in [-0.2, -0.15) is 5.10 Å². The number of amides is 1. The van der Waals surface area contributed by atoms with E-state index in [2.05, 4.69) is 16.5 Å². The number of nitrogens with zero attached hydrogens (tertiary/aromatic N) is 3. The number of nitrogens with one attached hydrogen (secondary N) is 1. The number of likely N-dealkylation sites (tertiary alicyclic amines) is 1. The Bertz CT molecular complexity index is 442. The van der Waals surface area contributed by atoms with Crippen LogP contribution in [0.25, 0.3) is 0 Å². The van der Waals surface area contributed by atoms with Gasteiger partial charge in [0.25, 0.3) is 0 Å². The predicted molar refractivity (Wildman–Crippen MR) is 72.8 cm³/mol. The Labute approximate surface area is 114 Å². The van der Waals surface area contributed by atoms with Crippen molar-refractivity contribution in [3.63, 3.8) is 0 Å². The molecule has 104 valence electrons. The van der Waals surface area contributed by atoms with Crippen molar-refractivity contribution in [2.45, 2.75) is 37.6 Å². The first-order valence-corrected chi connectivity index (χ1v) is 7.26. The van der Waals surface area contributed by atoms with Crippen LogP contribution in [0.4, 0.5) is 0 Å². The smallest absolute Gasteiger partial charge is 0.239 e. The third-order valence-electron chi connectivity index (χ3n) is 4.44. The summed E-state index contributed by atoms with van der Waals surface area (Å²) in [6.07, 6.45) is 6.09. The number of rotatable bonds is 2. The first-order chi connectivity index (χ1) is 9.25. The van der Waals surface area contributed by atoms with Gasteiger partial charge in [-0.25, -0.2) is 0 Å². The number of aryl methyl sites for hydroxylation is 1. The maximum absolute atomic E-state index is 12.3. The van der Waals surface area contributed by atoms with E-state index in [1.165, 1.54) is 5.69 Å². The summed E-state index contributed by atoms with van der Waals surface area (Å²) in [5.41, 5.74) is 1.30. The quantitative estimate of drug-likeness (QED) is 0.860. The number of hydrogen-bond donors (Lipinski definition) is 1. The van der Waals surface area contributed by atoms with Gasteiger partial charge in [-0.05, 0) is 38.3 Å². The zero-order valence-corrected chi connectivity index (χ0v) is 11.5. The lowest BCUT2D eigenvalue weighted by atomic mass is 9.93. The van der Waals surface area contributed by atoms with Crippen molar-refractivity contribution in [3.05, 3.63) is 18.0 Å². The molecule has 1 N–H and O–H groups in total. The summed E-state index contributed by atoms with van der Waals surface area (Å²) < 4.78 is 1.96. The molecule has 2 fully saturated rings. The van der Waals surface area contributed by atoms with Crippen LogP contribution in [0.5, 0.6) is 0 Å². The highest BCUT2D eigenvalue weighted by Crippen LogP contribution is 2.28. The van der Waals surface area contributed by atoms with Crippen LogP contribution in [-0.2, 0) is 11.8 Å². The molecule has 5 nitrogen and oxygen atoms in total. The van der Waals surface area contributed by atoms with E-state index < -0.39 is 0 Å². The molecule has 3 rings (SSSR count). The lowest BCUT2D eigenvalue weighted by Crippen LogP contribution is -2.46. The van der Waals surface area contributed by atoms with Crippen molar-refractivity contribution in [1.29, 1.82) is 0 Å². The molecule has 1 amide bonds. The van der Waals surface area contributed by atoms with E-state index in [-0.39, 0.29) is 6.04 Å². The number of piperidine rings is 1. The largest absolute Gasteiger partial charge is 0.341 e. The topological polar surface area (TPSA) is 50.2 Å². The van der Waals surface area contributed by atoms with E-state index in [4.69, 9.17) is 0 Å². The molecule has 0 aromatic carbocycles. The summed E-state index contributed by atoms with van der Waals surface area (Å²) in [6.45, 7) is 2.75. The van der Waals surface area contributed by atoms with E-state index in [1.807, 2.05) is 22.8 Å². The highest BCUT2D eigenvalue weighted by molar-refractivity contribution is 5.82. The second-order valence-corrected chi connectivity index (χ2v) is 5.63. The monoisotopic (exact) mass is 262 g/mol. The molecule has 2 aliphatic rings. The van der Waals surface area contributed by atoms with Crippen LogP contribution in [0.3, 0.4) is 0 Å². The molecule has 0 saturated carbocycles. The van der Waals surface area contributed by atoms with Crippen molar-refractivity contribution < 1.29 is 4.79 Å². The molecule has 5 heteroatoms. The lowest BCUT2D eigenvalue weighted by Gasteiger charge is -2.33. The van der Waals surface area contributed by atoms with E-state index in [0.717, 1.165) is 45.3 Å². The van der Waals surface area contributed by atoms with Crippen LogP contribution in [0, 0.1) is 0 Å². The van der Waals surface area contributed by atoms with Crippen LogP contribution in [-0.4, -0.2) is 46.3 Å². The summed E-state index contributed by atoms with van der Waals surface area (Å²) in [6, 6.07) is 2.17. The van der Waals surface area contributed by atoms with Gasteiger partial charge >= 0.3 is 0 Å². The van der Waals surface area contributed by atoms with E-state index in [0.29, 0.717) is 11.8 Å². The van der Waals surface area contributed by atoms with Gasteiger partial charge < -0.3 is 10.2 Å². The summed E-state index contributed by atoms with van der Waals surface area (Å²) >= 11 is 0. The van der Waals surface area contributed by atoms with Crippen LogP contribution >= 0.6 is 0 Å². The highest BCUT2D eigenvalue weighted by Gasteiger charge is 2.30. The fraction of sp³-hybridized carbons (Fsp3) is 0.714. The molecule has 3 heterocycles. The van der Waals surface area contributed by atoms with Crippen LogP contribution in [0.2, 0.25) is 0 Å². The molecule has 1 aromatic rings. The molecular formula is C14H22N4O. The highest BCUT2D eigenvalue weighted by atomic mass is 16.2. The van der Waals surface area contributed by atoms with Gasteiger partial charge in [-0.15, -0.1) is 0 Å². The molecule has 2 saturated heterocycles. The molecular weight excluding hydrogens is 240 g/mol. The Kier molecular flexibility index (Phi) is 3.55. The molecule has 1 atom stereocenters. The standard InChI is InChI=1S/C14H22N4O/c1-17-13(4-8-16-17)11-5-9-18(10-6-11)14(19)12-3-2-7-15-12/h4,8,11-12,15H,2-3,5-7,9-10H2,1H3/t12-/m1/s1. The van der Waals surface area contributed by atoms with E-state index >= 15 is 0 Å². The molecule has 1 aromatic heterocycles. The lowest BCUT2D eigenvalue weighted by molar-refractivity contribution is -0.134. The summed E-state index contributed by atoms with van der Waals surface area (Å²) in [5.74, 6) is 0.856. The Hall–Kier alpha value is -1.36. The number of carbonyl (C=O) groups is 1. The molecule has 0 unspecified atom stereocenters. The fourth-order valence-electron chi connectivity index (χ4n) is 3.30. The third kappa shape index (κ3) is 2.52. The average Bonchev–Trinajstić information content (AvgIpc) is 3.09. The number of hydrogen-bond acceptors (Lipinski definition) is 3. The molecule has 0 radical (unpaired) electrons. The molecule has 2 aliphatic heterocycles. The van der Waals surface area contributed by atoms with Gasteiger partial charge in [-0.1, -0.05) is 0 Å². The maximum atomic E-state index is 12.3. The Morgan fingerprint density at radius 1 is 1.37 bits per heavy atom. The van der Waals surface area contributed by atoms with E-state index in [1.54, 1.807) is 0 Å². The molecule has 19 heavy (non-hydrogen) atoms. The molecule has 0 bridgehead atoms. The van der Waals surface area contributed by atoms with Gasteiger partial charge in [0, 0.05) is 37.9 Å². The zero-order valence-electron chi connectivity index (χ0n) is 11.5. The van der Waals surface area contributed by atoms with Crippen LogP contribution < -0.4 is 5.32 Å².